The summed E-state index contributed by atoms with van der Waals surface area (Å²) in [6.45, 7) is 2.03. The van der Waals surface area contributed by atoms with Crippen molar-refractivity contribution in [3.8, 4) is 0 Å². The Labute approximate surface area is 120 Å². The summed E-state index contributed by atoms with van der Waals surface area (Å²) in [7, 11) is 0. The number of aliphatic hydroxyl groups excluding tert-OH is 1. The van der Waals surface area contributed by atoms with Crippen LogP contribution in [0.1, 0.15) is 50.7 Å². The van der Waals surface area contributed by atoms with Crippen molar-refractivity contribution in [3.05, 3.63) is 33.0 Å². The molecule has 18 heavy (non-hydrogen) atoms. The molecule has 0 amide bonds. The van der Waals surface area contributed by atoms with E-state index in [1.807, 2.05) is 6.92 Å². The van der Waals surface area contributed by atoms with Crippen LogP contribution < -0.4 is 0 Å². The van der Waals surface area contributed by atoms with Crippen molar-refractivity contribution in [1.82, 2.24) is 0 Å². The van der Waals surface area contributed by atoms with Gasteiger partial charge in [0.25, 0.3) is 0 Å². The molecule has 4 heteroatoms. The van der Waals surface area contributed by atoms with Crippen LogP contribution in [0.4, 0.5) is 4.39 Å². The highest BCUT2D eigenvalue weighted by Crippen LogP contribution is 2.46. The standard InChI is InChI=1S/C14H17BrClFO/c1-14(5-3-2-4-6-14)13(18)9-7-11(16)10(15)8-12(9)17/h7-8,13,18H,2-6H2,1H3. The van der Waals surface area contributed by atoms with Gasteiger partial charge in [-0.15, -0.1) is 0 Å². The van der Waals surface area contributed by atoms with Gasteiger partial charge in [-0.2, -0.15) is 0 Å². The number of aliphatic hydroxyl groups is 1. The lowest BCUT2D eigenvalue weighted by Gasteiger charge is -2.38. The SMILES string of the molecule is CC1(C(O)c2cc(Cl)c(Br)cc2F)CCCCC1. The van der Waals surface area contributed by atoms with Crippen LogP contribution in [0.2, 0.25) is 5.02 Å². The van der Waals surface area contributed by atoms with E-state index in [9.17, 15) is 9.50 Å². The van der Waals surface area contributed by atoms with Gasteiger partial charge in [-0.1, -0.05) is 37.8 Å². The van der Waals surface area contributed by atoms with Gasteiger partial charge in [0.15, 0.2) is 0 Å². The Balaban J connectivity index is 2.33. The van der Waals surface area contributed by atoms with Crippen LogP contribution in [0.25, 0.3) is 0 Å². The highest BCUT2D eigenvalue weighted by Gasteiger charge is 2.36. The quantitative estimate of drug-likeness (QED) is 0.732. The molecule has 1 atom stereocenters. The van der Waals surface area contributed by atoms with Gasteiger partial charge in [-0.3, -0.25) is 0 Å². The lowest BCUT2D eigenvalue weighted by Crippen LogP contribution is -2.28. The molecule has 1 aromatic rings. The van der Waals surface area contributed by atoms with Crippen molar-refractivity contribution in [2.75, 3.05) is 0 Å². The van der Waals surface area contributed by atoms with E-state index in [-0.39, 0.29) is 5.41 Å². The first-order valence-electron chi connectivity index (χ1n) is 6.26. The minimum absolute atomic E-state index is 0.240. The smallest absolute Gasteiger partial charge is 0.130 e. The van der Waals surface area contributed by atoms with Gasteiger partial charge >= 0.3 is 0 Å². The third-order valence-electron chi connectivity index (χ3n) is 3.99. The topological polar surface area (TPSA) is 20.2 Å². The monoisotopic (exact) mass is 334 g/mol. The van der Waals surface area contributed by atoms with Crippen LogP contribution in [-0.2, 0) is 0 Å². The Morgan fingerprint density at radius 3 is 2.56 bits per heavy atom. The van der Waals surface area contributed by atoms with Crippen LogP contribution in [-0.4, -0.2) is 5.11 Å². The number of rotatable bonds is 2. The van der Waals surface area contributed by atoms with E-state index in [1.165, 1.54) is 18.6 Å². The van der Waals surface area contributed by atoms with E-state index >= 15 is 0 Å². The maximum atomic E-state index is 14.0. The Bertz CT molecular complexity index is 444. The molecular weight excluding hydrogens is 319 g/mol. The van der Waals surface area contributed by atoms with Gasteiger partial charge in [0.05, 0.1) is 11.1 Å². The van der Waals surface area contributed by atoms with Crippen molar-refractivity contribution >= 4 is 27.5 Å². The average molecular weight is 336 g/mol. The molecule has 0 spiro atoms. The first-order valence-corrected chi connectivity index (χ1v) is 7.44. The molecule has 1 saturated carbocycles. The summed E-state index contributed by atoms with van der Waals surface area (Å²) in [6.07, 6.45) is 4.47. The molecule has 1 unspecified atom stereocenters. The highest BCUT2D eigenvalue weighted by atomic mass is 79.9. The molecule has 0 saturated heterocycles. The number of halogens is 3. The first-order chi connectivity index (χ1) is 8.44. The Kier molecular flexibility index (Phi) is 4.35. The van der Waals surface area contributed by atoms with Gasteiger partial charge in [-0.05, 0) is 46.3 Å². The fourth-order valence-corrected chi connectivity index (χ4v) is 3.24. The molecule has 1 fully saturated rings. The molecular formula is C14H17BrClFO. The van der Waals surface area contributed by atoms with Crippen LogP contribution in [0, 0.1) is 11.2 Å². The van der Waals surface area contributed by atoms with E-state index in [0.29, 0.717) is 15.1 Å². The molecule has 1 nitrogen and oxygen atoms in total. The summed E-state index contributed by atoms with van der Waals surface area (Å²) in [5, 5.41) is 10.9. The van der Waals surface area contributed by atoms with Crippen LogP contribution in [0.5, 0.6) is 0 Å². The van der Waals surface area contributed by atoms with Crippen LogP contribution in [0.3, 0.4) is 0 Å². The van der Waals surface area contributed by atoms with E-state index in [0.717, 1.165) is 25.7 Å². The fraction of sp³-hybridized carbons (Fsp3) is 0.571. The highest BCUT2D eigenvalue weighted by molar-refractivity contribution is 9.10. The van der Waals surface area contributed by atoms with E-state index in [1.54, 1.807) is 0 Å². The third kappa shape index (κ3) is 2.73. The van der Waals surface area contributed by atoms with Crippen LogP contribution >= 0.6 is 27.5 Å². The van der Waals surface area contributed by atoms with E-state index in [4.69, 9.17) is 11.6 Å². The first kappa shape index (κ1) is 14.3. The molecule has 1 aromatic carbocycles. The normalized spacial score (nSPS) is 20.7. The van der Waals surface area contributed by atoms with Crippen molar-refractivity contribution < 1.29 is 9.50 Å². The Morgan fingerprint density at radius 2 is 1.94 bits per heavy atom. The van der Waals surface area contributed by atoms with Crippen LogP contribution in [0.15, 0.2) is 16.6 Å². The van der Waals surface area contributed by atoms with Crippen molar-refractivity contribution in [2.24, 2.45) is 5.41 Å². The second-order valence-electron chi connectivity index (χ2n) is 5.41. The molecule has 0 radical (unpaired) electrons. The van der Waals surface area contributed by atoms with Gasteiger partial charge < -0.3 is 5.11 Å². The van der Waals surface area contributed by atoms with Gasteiger partial charge in [0, 0.05) is 10.0 Å². The number of hydrogen-bond donors (Lipinski definition) is 1. The van der Waals surface area contributed by atoms with E-state index < -0.39 is 11.9 Å². The molecule has 0 heterocycles. The van der Waals surface area contributed by atoms with Crippen molar-refractivity contribution in [1.29, 1.82) is 0 Å². The average Bonchev–Trinajstić information content (AvgIpc) is 2.34. The van der Waals surface area contributed by atoms with Crippen molar-refractivity contribution in [3.63, 3.8) is 0 Å². The minimum atomic E-state index is -0.789. The molecule has 1 N–H and O–H groups in total. The second-order valence-corrected chi connectivity index (χ2v) is 6.67. The zero-order valence-corrected chi connectivity index (χ0v) is 12.7. The molecule has 0 aromatic heterocycles. The lowest BCUT2D eigenvalue weighted by atomic mass is 9.70. The zero-order valence-electron chi connectivity index (χ0n) is 10.3. The molecule has 0 aliphatic heterocycles. The van der Waals surface area contributed by atoms with Gasteiger partial charge in [-0.25, -0.2) is 4.39 Å². The predicted molar refractivity (Wildman–Crippen MR) is 75.3 cm³/mol. The molecule has 1 aliphatic carbocycles. The number of benzene rings is 1. The summed E-state index contributed by atoms with van der Waals surface area (Å²) in [5.74, 6) is -0.398. The molecule has 1 aliphatic rings. The fourth-order valence-electron chi connectivity index (χ4n) is 2.76. The van der Waals surface area contributed by atoms with Gasteiger partial charge in [0.2, 0.25) is 0 Å². The lowest BCUT2D eigenvalue weighted by molar-refractivity contribution is 0.00585. The maximum Gasteiger partial charge on any atom is 0.130 e. The van der Waals surface area contributed by atoms with E-state index in [2.05, 4.69) is 15.9 Å². The molecule has 100 valence electrons. The summed E-state index contributed by atoms with van der Waals surface area (Å²) in [5.41, 5.74) is 0.0728. The summed E-state index contributed by atoms with van der Waals surface area (Å²) in [4.78, 5) is 0. The summed E-state index contributed by atoms with van der Waals surface area (Å²) < 4.78 is 14.5. The zero-order chi connectivity index (χ0) is 13.3. The van der Waals surface area contributed by atoms with Gasteiger partial charge in [0.1, 0.15) is 5.82 Å². The minimum Gasteiger partial charge on any atom is -0.388 e. The predicted octanol–water partition coefficient (Wildman–Crippen LogP) is 5.25. The summed E-state index contributed by atoms with van der Waals surface area (Å²) >= 11 is 9.17. The number of hydrogen-bond acceptors (Lipinski definition) is 1. The maximum absolute atomic E-state index is 14.0. The molecule has 0 bridgehead atoms. The Morgan fingerprint density at radius 1 is 1.33 bits per heavy atom. The third-order valence-corrected chi connectivity index (χ3v) is 5.19. The van der Waals surface area contributed by atoms with Crippen molar-refractivity contribution in [2.45, 2.75) is 45.1 Å². The molecule has 2 rings (SSSR count). The Hall–Kier alpha value is -0.120. The largest absolute Gasteiger partial charge is 0.388 e. The summed E-state index contributed by atoms with van der Waals surface area (Å²) in [6, 6.07) is 2.86. The second kappa shape index (κ2) is 5.48.